The second kappa shape index (κ2) is 5.39. The molecular weight excluding hydrogens is 268 g/mol. The summed E-state index contributed by atoms with van der Waals surface area (Å²) >= 11 is 0. The Morgan fingerprint density at radius 2 is 2.14 bits per heavy atom. The second-order valence-corrected chi connectivity index (χ2v) is 6.17. The molecule has 0 bridgehead atoms. The molecule has 0 saturated carbocycles. The van der Waals surface area contributed by atoms with Crippen molar-refractivity contribution in [1.29, 1.82) is 0 Å². The van der Waals surface area contributed by atoms with Crippen molar-refractivity contribution in [2.45, 2.75) is 38.4 Å². The van der Waals surface area contributed by atoms with Crippen LogP contribution in [0, 0.1) is 13.8 Å². The lowest BCUT2D eigenvalue weighted by molar-refractivity contribution is 0.00702. The lowest BCUT2D eigenvalue weighted by Gasteiger charge is -2.23. The fraction of sp³-hybridized carbons (Fsp3) is 0.625. The first-order valence-electron chi connectivity index (χ1n) is 7.43. The second-order valence-electron chi connectivity index (χ2n) is 6.17. The molecule has 21 heavy (non-hydrogen) atoms. The van der Waals surface area contributed by atoms with E-state index in [-0.39, 0.29) is 17.6 Å². The first-order chi connectivity index (χ1) is 10.0. The van der Waals surface area contributed by atoms with E-state index in [0.29, 0.717) is 13.2 Å². The Morgan fingerprint density at radius 3 is 2.76 bits per heavy atom. The standard InChI is InChI=1S/C16H22N2O3/c1-11-6-13(7-12(2)17-11)15(19)18-5-4-16(10-18)8-14(20-3)9-21-16/h6-7,14H,4-5,8-10H2,1-3H3/t14-,16-/m1/s1. The van der Waals surface area contributed by atoms with E-state index < -0.39 is 0 Å². The van der Waals surface area contributed by atoms with Crippen molar-refractivity contribution in [3.63, 3.8) is 0 Å². The summed E-state index contributed by atoms with van der Waals surface area (Å²) in [6.07, 6.45) is 1.93. The van der Waals surface area contributed by atoms with Crippen molar-refractivity contribution in [3.8, 4) is 0 Å². The number of amides is 1. The molecule has 2 aliphatic heterocycles. The predicted octanol–water partition coefficient (Wildman–Crippen LogP) is 1.72. The van der Waals surface area contributed by atoms with Gasteiger partial charge in [-0.15, -0.1) is 0 Å². The fourth-order valence-electron chi connectivity index (χ4n) is 3.40. The summed E-state index contributed by atoms with van der Waals surface area (Å²) in [7, 11) is 1.72. The zero-order valence-electron chi connectivity index (χ0n) is 12.9. The number of likely N-dealkylation sites (tertiary alicyclic amines) is 1. The average molecular weight is 290 g/mol. The summed E-state index contributed by atoms with van der Waals surface area (Å²) in [4.78, 5) is 18.9. The maximum absolute atomic E-state index is 12.7. The lowest BCUT2D eigenvalue weighted by atomic mass is 9.98. The number of ether oxygens (including phenoxy) is 2. The van der Waals surface area contributed by atoms with E-state index in [2.05, 4.69) is 4.98 Å². The number of methoxy groups -OCH3 is 1. The van der Waals surface area contributed by atoms with Gasteiger partial charge in [0.25, 0.3) is 5.91 Å². The quantitative estimate of drug-likeness (QED) is 0.832. The third kappa shape index (κ3) is 2.80. The number of nitrogens with zero attached hydrogens (tertiary/aromatic N) is 2. The van der Waals surface area contributed by atoms with Gasteiger partial charge >= 0.3 is 0 Å². The Labute approximate surface area is 125 Å². The van der Waals surface area contributed by atoms with Crippen LogP contribution in [-0.2, 0) is 9.47 Å². The smallest absolute Gasteiger partial charge is 0.254 e. The summed E-state index contributed by atoms with van der Waals surface area (Å²) in [5.41, 5.74) is 2.28. The van der Waals surface area contributed by atoms with Crippen molar-refractivity contribution < 1.29 is 14.3 Å². The van der Waals surface area contributed by atoms with Gasteiger partial charge in [0.15, 0.2) is 0 Å². The van der Waals surface area contributed by atoms with E-state index >= 15 is 0 Å². The number of pyridine rings is 1. The van der Waals surface area contributed by atoms with Gasteiger partial charge in [0.2, 0.25) is 0 Å². The van der Waals surface area contributed by atoms with Crippen LogP contribution in [0.25, 0.3) is 0 Å². The van der Waals surface area contributed by atoms with E-state index in [0.717, 1.165) is 36.3 Å². The van der Waals surface area contributed by atoms with Crippen LogP contribution in [0.2, 0.25) is 0 Å². The van der Waals surface area contributed by atoms with Crippen molar-refractivity contribution >= 4 is 5.91 Å². The van der Waals surface area contributed by atoms with Crippen molar-refractivity contribution in [1.82, 2.24) is 9.88 Å². The number of aromatic nitrogens is 1. The van der Waals surface area contributed by atoms with Gasteiger partial charge < -0.3 is 14.4 Å². The molecule has 1 aromatic rings. The lowest BCUT2D eigenvalue weighted by Crippen LogP contribution is -2.36. The van der Waals surface area contributed by atoms with Gasteiger partial charge in [-0.2, -0.15) is 0 Å². The van der Waals surface area contributed by atoms with Gasteiger partial charge in [0, 0.05) is 37.0 Å². The van der Waals surface area contributed by atoms with E-state index in [1.54, 1.807) is 7.11 Å². The van der Waals surface area contributed by atoms with Crippen molar-refractivity contribution in [3.05, 3.63) is 29.1 Å². The third-order valence-corrected chi connectivity index (χ3v) is 4.44. The number of carbonyl (C=O) groups excluding carboxylic acids is 1. The zero-order valence-corrected chi connectivity index (χ0v) is 12.9. The minimum Gasteiger partial charge on any atom is -0.379 e. The van der Waals surface area contributed by atoms with E-state index in [4.69, 9.17) is 9.47 Å². The molecule has 2 fully saturated rings. The number of aryl methyl sites for hydroxylation is 2. The fourth-order valence-corrected chi connectivity index (χ4v) is 3.40. The predicted molar refractivity (Wildman–Crippen MR) is 78.3 cm³/mol. The molecule has 0 N–H and O–H groups in total. The normalized spacial score (nSPS) is 28.5. The maximum atomic E-state index is 12.7. The van der Waals surface area contributed by atoms with E-state index in [1.165, 1.54) is 0 Å². The Kier molecular flexibility index (Phi) is 3.71. The molecule has 2 atom stereocenters. The van der Waals surface area contributed by atoms with Gasteiger partial charge in [-0.3, -0.25) is 9.78 Å². The average Bonchev–Trinajstić information content (AvgIpc) is 3.04. The monoisotopic (exact) mass is 290 g/mol. The highest BCUT2D eigenvalue weighted by atomic mass is 16.6. The molecule has 3 rings (SSSR count). The minimum absolute atomic E-state index is 0.0740. The summed E-state index contributed by atoms with van der Waals surface area (Å²) in [5.74, 6) is 0.0740. The van der Waals surface area contributed by atoms with Gasteiger partial charge in [0.05, 0.1) is 24.9 Å². The number of hydrogen-bond acceptors (Lipinski definition) is 4. The molecule has 2 saturated heterocycles. The molecule has 114 valence electrons. The topological polar surface area (TPSA) is 51.7 Å². The van der Waals surface area contributed by atoms with Crippen LogP contribution in [0.3, 0.4) is 0 Å². The van der Waals surface area contributed by atoms with Gasteiger partial charge in [-0.25, -0.2) is 0 Å². The molecular formula is C16H22N2O3. The maximum Gasteiger partial charge on any atom is 0.254 e. The van der Waals surface area contributed by atoms with Crippen LogP contribution in [-0.4, -0.2) is 54.3 Å². The highest BCUT2D eigenvalue weighted by Crippen LogP contribution is 2.36. The van der Waals surface area contributed by atoms with Crippen LogP contribution in [0.15, 0.2) is 12.1 Å². The molecule has 0 aliphatic carbocycles. The Hall–Kier alpha value is -1.46. The number of carbonyl (C=O) groups is 1. The number of rotatable bonds is 2. The molecule has 5 heteroatoms. The molecule has 5 nitrogen and oxygen atoms in total. The van der Waals surface area contributed by atoms with E-state index in [9.17, 15) is 4.79 Å². The summed E-state index contributed by atoms with van der Waals surface area (Å²) in [6.45, 7) is 5.87. The third-order valence-electron chi connectivity index (χ3n) is 4.44. The molecule has 3 heterocycles. The van der Waals surface area contributed by atoms with Crippen molar-refractivity contribution in [2.24, 2.45) is 0 Å². The number of hydrogen-bond donors (Lipinski definition) is 0. The zero-order chi connectivity index (χ0) is 15.0. The largest absolute Gasteiger partial charge is 0.379 e. The molecule has 1 aromatic heterocycles. The first kappa shape index (κ1) is 14.5. The van der Waals surface area contributed by atoms with Crippen LogP contribution in [0.4, 0.5) is 0 Å². The van der Waals surface area contributed by atoms with Crippen LogP contribution in [0.5, 0.6) is 0 Å². The summed E-state index contributed by atoms with van der Waals surface area (Å²) in [6, 6.07) is 3.71. The van der Waals surface area contributed by atoms with Gasteiger partial charge in [0.1, 0.15) is 0 Å². The molecule has 2 aliphatic rings. The van der Waals surface area contributed by atoms with Crippen molar-refractivity contribution in [2.75, 3.05) is 26.8 Å². The highest BCUT2D eigenvalue weighted by molar-refractivity contribution is 5.94. The molecule has 1 spiro atoms. The van der Waals surface area contributed by atoms with Gasteiger partial charge in [-0.1, -0.05) is 0 Å². The van der Waals surface area contributed by atoms with Crippen LogP contribution < -0.4 is 0 Å². The molecule has 0 aromatic carbocycles. The Bertz CT molecular complexity index is 540. The Balaban J connectivity index is 1.73. The Morgan fingerprint density at radius 1 is 1.43 bits per heavy atom. The van der Waals surface area contributed by atoms with Gasteiger partial charge in [-0.05, 0) is 32.4 Å². The van der Waals surface area contributed by atoms with E-state index in [1.807, 2.05) is 30.9 Å². The first-order valence-corrected chi connectivity index (χ1v) is 7.43. The SMILES string of the molecule is CO[C@H]1CO[C@]2(CCN(C(=O)c3cc(C)nc(C)c3)C2)C1. The minimum atomic E-state index is -0.201. The summed E-state index contributed by atoms with van der Waals surface area (Å²) < 4.78 is 11.3. The summed E-state index contributed by atoms with van der Waals surface area (Å²) in [5, 5.41) is 0. The van der Waals surface area contributed by atoms with Crippen LogP contribution in [0.1, 0.15) is 34.6 Å². The highest BCUT2D eigenvalue weighted by Gasteiger charge is 2.46. The molecule has 1 amide bonds. The molecule has 0 unspecified atom stereocenters. The molecule has 0 radical (unpaired) electrons. The van der Waals surface area contributed by atoms with Crippen LogP contribution >= 0.6 is 0 Å².